The summed E-state index contributed by atoms with van der Waals surface area (Å²) in [7, 11) is 1.85. The molecule has 1 saturated carbocycles. The normalized spacial score (nSPS) is 21.2. The topological polar surface area (TPSA) is 49.4 Å². The van der Waals surface area contributed by atoms with Crippen molar-refractivity contribution in [3.63, 3.8) is 0 Å². The first kappa shape index (κ1) is 16.4. The number of hydrogen-bond donors (Lipinski definition) is 1. The molecule has 0 radical (unpaired) electrons. The third-order valence-electron chi connectivity index (χ3n) is 3.88. The molecule has 0 bridgehead atoms. The van der Waals surface area contributed by atoms with Crippen molar-refractivity contribution in [1.82, 2.24) is 10.2 Å². The smallest absolute Gasteiger partial charge is 0.252 e. The van der Waals surface area contributed by atoms with E-state index in [9.17, 15) is 9.59 Å². The highest BCUT2D eigenvalue weighted by molar-refractivity contribution is 7.99. The monoisotopic (exact) mass is 326 g/mol. The van der Waals surface area contributed by atoms with Gasteiger partial charge in [-0.3, -0.25) is 9.59 Å². The number of nitrogens with zero attached hydrogens (tertiary/aromatic N) is 1. The van der Waals surface area contributed by atoms with Crippen LogP contribution < -0.4 is 5.32 Å². The third kappa shape index (κ3) is 4.48. The van der Waals surface area contributed by atoms with E-state index in [1.165, 1.54) is 17.8 Å². The number of rotatable bonds is 6. The lowest BCUT2D eigenvalue weighted by molar-refractivity contribution is -0.130. The summed E-state index contributed by atoms with van der Waals surface area (Å²) in [5.41, 5.74) is 0.621. The molecule has 1 aliphatic carbocycles. The fraction of sp³-hybridized carbons (Fsp3) is 0.600. The van der Waals surface area contributed by atoms with Gasteiger partial charge in [-0.2, -0.15) is 23.1 Å². The number of amides is 2. The quantitative estimate of drug-likeness (QED) is 0.874. The van der Waals surface area contributed by atoms with Crippen LogP contribution in [0.2, 0.25) is 0 Å². The van der Waals surface area contributed by atoms with Gasteiger partial charge in [-0.1, -0.05) is 6.92 Å². The van der Waals surface area contributed by atoms with Crippen molar-refractivity contribution in [2.24, 2.45) is 0 Å². The van der Waals surface area contributed by atoms with Crippen LogP contribution in [0.4, 0.5) is 0 Å². The summed E-state index contributed by atoms with van der Waals surface area (Å²) in [6.07, 6.45) is 3.32. The van der Waals surface area contributed by atoms with E-state index in [2.05, 4.69) is 12.2 Å². The Morgan fingerprint density at radius 2 is 2.29 bits per heavy atom. The Kier molecular flexibility index (Phi) is 6.11. The first-order valence-corrected chi connectivity index (χ1v) is 9.28. The van der Waals surface area contributed by atoms with E-state index < -0.39 is 0 Å². The number of thioether (sulfide) groups is 1. The number of hydrogen-bond acceptors (Lipinski definition) is 4. The molecule has 1 N–H and O–H groups in total. The molecule has 0 aromatic carbocycles. The van der Waals surface area contributed by atoms with E-state index in [0.717, 1.165) is 18.6 Å². The summed E-state index contributed by atoms with van der Waals surface area (Å²) in [5.74, 6) is 0.945. The molecule has 116 valence electrons. The predicted molar refractivity (Wildman–Crippen MR) is 89.0 cm³/mol. The molecule has 1 aliphatic rings. The molecule has 0 aliphatic heterocycles. The van der Waals surface area contributed by atoms with Gasteiger partial charge in [0, 0.05) is 29.3 Å². The van der Waals surface area contributed by atoms with E-state index in [0.29, 0.717) is 16.9 Å². The maximum atomic E-state index is 12.2. The summed E-state index contributed by atoms with van der Waals surface area (Å²) in [6.45, 7) is 2.25. The van der Waals surface area contributed by atoms with Gasteiger partial charge in [-0.25, -0.2) is 0 Å². The van der Waals surface area contributed by atoms with Gasteiger partial charge in [-0.15, -0.1) is 0 Å². The SMILES string of the molecule is CCS[C@H]1CC[C@H](N(C)C(=O)CNC(=O)c2ccsc2)C1. The van der Waals surface area contributed by atoms with Gasteiger partial charge in [0.1, 0.15) is 0 Å². The first-order chi connectivity index (χ1) is 10.1. The van der Waals surface area contributed by atoms with E-state index in [1.807, 2.05) is 29.1 Å². The molecule has 1 fully saturated rings. The first-order valence-electron chi connectivity index (χ1n) is 7.29. The highest BCUT2D eigenvalue weighted by Crippen LogP contribution is 2.32. The van der Waals surface area contributed by atoms with E-state index in [4.69, 9.17) is 0 Å². The van der Waals surface area contributed by atoms with E-state index in [-0.39, 0.29) is 18.4 Å². The minimum atomic E-state index is -0.177. The zero-order valence-electron chi connectivity index (χ0n) is 12.5. The van der Waals surface area contributed by atoms with Crippen LogP contribution in [0.15, 0.2) is 16.8 Å². The fourth-order valence-corrected chi connectivity index (χ4v) is 4.40. The van der Waals surface area contributed by atoms with E-state index in [1.54, 1.807) is 11.4 Å². The van der Waals surface area contributed by atoms with Crippen LogP contribution in [0.3, 0.4) is 0 Å². The summed E-state index contributed by atoms with van der Waals surface area (Å²) in [6, 6.07) is 2.08. The molecule has 1 heterocycles. The van der Waals surface area contributed by atoms with Crippen LogP contribution in [-0.2, 0) is 4.79 Å². The van der Waals surface area contributed by atoms with Crippen molar-refractivity contribution in [3.05, 3.63) is 22.4 Å². The van der Waals surface area contributed by atoms with Gasteiger partial charge in [0.05, 0.1) is 6.54 Å². The van der Waals surface area contributed by atoms with Gasteiger partial charge in [0.2, 0.25) is 5.91 Å². The van der Waals surface area contributed by atoms with Crippen molar-refractivity contribution < 1.29 is 9.59 Å². The highest BCUT2D eigenvalue weighted by atomic mass is 32.2. The Balaban J connectivity index is 1.77. The molecular weight excluding hydrogens is 304 g/mol. The maximum Gasteiger partial charge on any atom is 0.252 e. The molecule has 2 rings (SSSR count). The lowest BCUT2D eigenvalue weighted by Gasteiger charge is -2.24. The lowest BCUT2D eigenvalue weighted by atomic mass is 10.2. The summed E-state index contributed by atoms with van der Waals surface area (Å²) in [5, 5.41) is 7.01. The Morgan fingerprint density at radius 3 is 2.95 bits per heavy atom. The molecule has 2 atom stereocenters. The van der Waals surface area contributed by atoms with Crippen LogP contribution in [0.1, 0.15) is 36.5 Å². The number of likely N-dealkylation sites (N-methyl/N-ethyl adjacent to an activating group) is 1. The molecule has 21 heavy (non-hydrogen) atoms. The van der Waals surface area contributed by atoms with Crippen LogP contribution in [0, 0.1) is 0 Å². The summed E-state index contributed by atoms with van der Waals surface area (Å²) in [4.78, 5) is 25.8. The Labute approximate surface area is 134 Å². The largest absolute Gasteiger partial charge is 0.343 e. The van der Waals surface area contributed by atoms with Crippen LogP contribution in [-0.4, -0.2) is 47.4 Å². The van der Waals surface area contributed by atoms with Crippen molar-refractivity contribution in [3.8, 4) is 0 Å². The standard InChI is InChI=1S/C15H22N2O2S2/c1-3-21-13-5-4-12(8-13)17(2)14(18)9-16-15(19)11-6-7-20-10-11/h6-7,10,12-13H,3-5,8-9H2,1-2H3,(H,16,19)/t12-,13-/m0/s1. The molecule has 4 nitrogen and oxygen atoms in total. The zero-order chi connectivity index (χ0) is 15.2. The minimum Gasteiger partial charge on any atom is -0.343 e. The Hall–Kier alpha value is -1.01. The van der Waals surface area contributed by atoms with Crippen molar-refractivity contribution >= 4 is 34.9 Å². The van der Waals surface area contributed by atoms with E-state index >= 15 is 0 Å². The lowest BCUT2D eigenvalue weighted by Crippen LogP contribution is -2.42. The molecule has 0 saturated heterocycles. The van der Waals surface area contributed by atoms with Crippen molar-refractivity contribution in [2.45, 2.75) is 37.5 Å². The van der Waals surface area contributed by atoms with Crippen LogP contribution in [0.25, 0.3) is 0 Å². The second kappa shape index (κ2) is 7.84. The molecule has 2 amide bonds. The second-order valence-corrected chi connectivity index (χ2v) is 7.60. The summed E-state index contributed by atoms with van der Waals surface area (Å²) >= 11 is 3.46. The Bertz CT molecular complexity index is 476. The van der Waals surface area contributed by atoms with Gasteiger partial charge >= 0.3 is 0 Å². The molecule has 6 heteroatoms. The van der Waals surface area contributed by atoms with Gasteiger partial charge in [-0.05, 0) is 36.5 Å². The van der Waals surface area contributed by atoms with Crippen molar-refractivity contribution in [2.75, 3.05) is 19.3 Å². The number of nitrogens with one attached hydrogen (secondary N) is 1. The number of carbonyl (C=O) groups is 2. The number of thiophene rings is 1. The summed E-state index contributed by atoms with van der Waals surface area (Å²) < 4.78 is 0. The fourth-order valence-electron chi connectivity index (χ4n) is 2.64. The Morgan fingerprint density at radius 1 is 1.48 bits per heavy atom. The molecule has 0 spiro atoms. The maximum absolute atomic E-state index is 12.2. The molecule has 0 unspecified atom stereocenters. The predicted octanol–water partition coefficient (Wildman–Crippen LogP) is 2.61. The molecular formula is C15H22N2O2S2. The van der Waals surface area contributed by atoms with Crippen LogP contribution >= 0.6 is 23.1 Å². The molecule has 1 aromatic heterocycles. The highest BCUT2D eigenvalue weighted by Gasteiger charge is 2.29. The third-order valence-corrected chi connectivity index (χ3v) is 5.80. The van der Waals surface area contributed by atoms with Gasteiger partial charge in [0.25, 0.3) is 5.91 Å². The van der Waals surface area contributed by atoms with Crippen LogP contribution in [0.5, 0.6) is 0 Å². The zero-order valence-corrected chi connectivity index (χ0v) is 14.1. The average molecular weight is 326 g/mol. The second-order valence-electron chi connectivity index (χ2n) is 5.24. The minimum absolute atomic E-state index is 0.00859. The number of carbonyl (C=O) groups excluding carboxylic acids is 2. The van der Waals surface area contributed by atoms with Gasteiger partial charge in [0.15, 0.2) is 0 Å². The van der Waals surface area contributed by atoms with Gasteiger partial charge < -0.3 is 10.2 Å². The van der Waals surface area contributed by atoms with Crippen molar-refractivity contribution in [1.29, 1.82) is 0 Å². The molecule has 1 aromatic rings. The average Bonchev–Trinajstić information content (AvgIpc) is 3.15.